The largest absolute Gasteiger partial charge is 0.308 e. The molecular formula is C14H23N3. The molecule has 1 saturated carbocycles. The minimum absolute atomic E-state index is 0.495. The van der Waals surface area contributed by atoms with E-state index in [0.29, 0.717) is 11.5 Å². The summed E-state index contributed by atoms with van der Waals surface area (Å²) < 4.78 is 0. The van der Waals surface area contributed by atoms with Crippen molar-refractivity contribution in [2.24, 2.45) is 5.41 Å². The molecule has 0 aliphatic heterocycles. The van der Waals surface area contributed by atoms with Crippen LogP contribution < -0.4 is 5.32 Å². The average molecular weight is 233 g/mol. The predicted molar refractivity (Wildman–Crippen MR) is 69.6 cm³/mol. The lowest BCUT2D eigenvalue weighted by Crippen LogP contribution is -2.37. The van der Waals surface area contributed by atoms with Gasteiger partial charge >= 0.3 is 0 Å². The van der Waals surface area contributed by atoms with Crippen LogP contribution in [0, 0.1) is 12.3 Å². The summed E-state index contributed by atoms with van der Waals surface area (Å²) in [6.45, 7) is 7.54. The fourth-order valence-corrected chi connectivity index (χ4v) is 2.63. The van der Waals surface area contributed by atoms with Gasteiger partial charge in [-0.05, 0) is 31.6 Å². The van der Waals surface area contributed by atoms with Crippen LogP contribution in [0.1, 0.15) is 50.9 Å². The highest BCUT2D eigenvalue weighted by molar-refractivity contribution is 5.00. The molecule has 0 radical (unpaired) electrons. The first-order chi connectivity index (χ1) is 8.05. The Morgan fingerprint density at radius 3 is 2.82 bits per heavy atom. The van der Waals surface area contributed by atoms with E-state index in [1.54, 1.807) is 0 Å². The molecule has 1 aliphatic carbocycles. The number of aryl methyl sites for hydroxylation is 1. The molecular weight excluding hydrogens is 210 g/mol. The first-order valence-corrected chi connectivity index (χ1v) is 6.56. The highest BCUT2D eigenvalue weighted by Crippen LogP contribution is 2.35. The Kier molecular flexibility index (Phi) is 3.77. The van der Waals surface area contributed by atoms with Crippen molar-refractivity contribution in [2.45, 2.75) is 59.0 Å². The fourth-order valence-electron chi connectivity index (χ4n) is 2.63. The third kappa shape index (κ3) is 3.77. The van der Waals surface area contributed by atoms with Gasteiger partial charge in [-0.3, -0.25) is 9.97 Å². The molecule has 3 nitrogen and oxygen atoms in total. The third-order valence-corrected chi connectivity index (χ3v) is 3.61. The van der Waals surface area contributed by atoms with Gasteiger partial charge in [0.1, 0.15) is 0 Å². The number of rotatable bonds is 3. The highest BCUT2D eigenvalue weighted by atomic mass is 14.9. The van der Waals surface area contributed by atoms with E-state index in [2.05, 4.69) is 29.1 Å². The lowest BCUT2D eigenvalue weighted by molar-refractivity contribution is 0.197. The minimum atomic E-state index is 0.495. The number of hydrogen-bond acceptors (Lipinski definition) is 3. The van der Waals surface area contributed by atoms with E-state index in [-0.39, 0.29) is 0 Å². The summed E-state index contributed by atoms with van der Waals surface area (Å²) in [5.74, 6) is 0. The summed E-state index contributed by atoms with van der Waals surface area (Å²) in [7, 11) is 0. The maximum atomic E-state index is 4.37. The Hall–Kier alpha value is -0.960. The van der Waals surface area contributed by atoms with Crippen molar-refractivity contribution in [1.82, 2.24) is 15.3 Å². The fraction of sp³-hybridized carbons (Fsp3) is 0.714. The smallest absolute Gasteiger partial charge is 0.0724 e. The van der Waals surface area contributed by atoms with Crippen LogP contribution in [-0.2, 0) is 6.54 Å². The summed E-state index contributed by atoms with van der Waals surface area (Å²) in [6, 6.07) is 0.641. The van der Waals surface area contributed by atoms with Crippen molar-refractivity contribution in [3.8, 4) is 0 Å². The van der Waals surface area contributed by atoms with Gasteiger partial charge in [-0.2, -0.15) is 0 Å². The molecule has 1 fully saturated rings. The maximum absolute atomic E-state index is 4.37. The quantitative estimate of drug-likeness (QED) is 0.872. The van der Waals surface area contributed by atoms with Gasteiger partial charge in [0.05, 0.1) is 11.4 Å². The number of nitrogens with one attached hydrogen (secondary N) is 1. The molecule has 1 atom stereocenters. The van der Waals surface area contributed by atoms with Gasteiger partial charge < -0.3 is 5.32 Å². The summed E-state index contributed by atoms with van der Waals surface area (Å²) in [5.41, 5.74) is 2.51. The van der Waals surface area contributed by atoms with Gasteiger partial charge in [0.2, 0.25) is 0 Å². The summed E-state index contributed by atoms with van der Waals surface area (Å²) in [4.78, 5) is 8.64. The summed E-state index contributed by atoms with van der Waals surface area (Å²) in [6.07, 6.45) is 8.97. The van der Waals surface area contributed by atoms with E-state index >= 15 is 0 Å². The zero-order valence-electron chi connectivity index (χ0n) is 11.2. The maximum Gasteiger partial charge on any atom is 0.0724 e. The van der Waals surface area contributed by atoms with Gasteiger partial charge in [0, 0.05) is 25.0 Å². The van der Waals surface area contributed by atoms with Gasteiger partial charge in [-0.25, -0.2) is 0 Å². The standard InChI is InChI=1S/C14H23N3/c1-11-8-16-13(9-15-11)10-17-12-5-4-6-14(2,3)7-12/h8-9,12,17H,4-7,10H2,1-3H3. The molecule has 1 heterocycles. The predicted octanol–water partition coefficient (Wildman–Crippen LogP) is 2.84. The van der Waals surface area contributed by atoms with Crippen LogP contribution >= 0.6 is 0 Å². The second-order valence-corrected chi connectivity index (χ2v) is 5.99. The van der Waals surface area contributed by atoms with Gasteiger partial charge in [0.25, 0.3) is 0 Å². The zero-order valence-corrected chi connectivity index (χ0v) is 11.2. The van der Waals surface area contributed by atoms with E-state index in [4.69, 9.17) is 0 Å². The molecule has 1 unspecified atom stereocenters. The van der Waals surface area contributed by atoms with Crippen LogP contribution in [0.2, 0.25) is 0 Å². The molecule has 1 N–H and O–H groups in total. The Balaban J connectivity index is 1.84. The molecule has 0 spiro atoms. The van der Waals surface area contributed by atoms with E-state index in [1.807, 2.05) is 19.3 Å². The van der Waals surface area contributed by atoms with Crippen LogP contribution in [-0.4, -0.2) is 16.0 Å². The molecule has 1 aromatic rings. The molecule has 1 aliphatic rings. The van der Waals surface area contributed by atoms with Crippen LogP contribution in [0.15, 0.2) is 12.4 Å². The number of hydrogen-bond donors (Lipinski definition) is 1. The molecule has 0 saturated heterocycles. The summed E-state index contributed by atoms with van der Waals surface area (Å²) >= 11 is 0. The van der Waals surface area contributed by atoms with Crippen molar-refractivity contribution >= 4 is 0 Å². The van der Waals surface area contributed by atoms with Crippen molar-refractivity contribution < 1.29 is 0 Å². The molecule has 17 heavy (non-hydrogen) atoms. The second kappa shape index (κ2) is 5.13. The first-order valence-electron chi connectivity index (χ1n) is 6.56. The molecule has 0 aromatic carbocycles. The Morgan fingerprint density at radius 2 is 2.18 bits per heavy atom. The van der Waals surface area contributed by atoms with Crippen molar-refractivity contribution in [2.75, 3.05) is 0 Å². The first kappa shape index (κ1) is 12.5. The molecule has 0 amide bonds. The molecule has 1 aromatic heterocycles. The second-order valence-electron chi connectivity index (χ2n) is 5.99. The van der Waals surface area contributed by atoms with Gasteiger partial charge in [0.15, 0.2) is 0 Å². The van der Waals surface area contributed by atoms with Crippen molar-refractivity contribution in [1.29, 1.82) is 0 Å². The van der Waals surface area contributed by atoms with E-state index in [0.717, 1.165) is 17.9 Å². The minimum Gasteiger partial charge on any atom is -0.308 e. The van der Waals surface area contributed by atoms with Crippen LogP contribution in [0.5, 0.6) is 0 Å². The third-order valence-electron chi connectivity index (χ3n) is 3.61. The lowest BCUT2D eigenvalue weighted by Gasteiger charge is -2.35. The SMILES string of the molecule is Cc1cnc(CNC2CCCC(C)(C)C2)cn1. The average Bonchev–Trinajstić information content (AvgIpc) is 2.27. The Morgan fingerprint density at radius 1 is 1.35 bits per heavy atom. The van der Waals surface area contributed by atoms with Gasteiger partial charge in [-0.15, -0.1) is 0 Å². The van der Waals surface area contributed by atoms with E-state index in [9.17, 15) is 0 Å². The molecule has 0 bridgehead atoms. The van der Waals surface area contributed by atoms with Crippen molar-refractivity contribution in [3.05, 3.63) is 23.8 Å². The topological polar surface area (TPSA) is 37.8 Å². The number of aromatic nitrogens is 2. The zero-order chi connectivity index (χ0) is 12.3. The van der Waals surface area contributed by atoms with Crippen molar-refractivity contribution in [3.63, 3.8) is 0 Å². The summed E-state index contributed by atoms with van der Waals surface area (Å²) in [5, 5.41) is 3.61. The lowest BCUT2D eigenvalue weighted by atomic mass is 9.75. The van der Waals surface area contributed by atoms with Gasteiger partial charge in [-0.1, -0.05) is 20.3 Å². The van der Waals surface area contributed by atoms with Crippen LogP contribution in [0.25, 0.3) is 0 Å². The Labute approximate surface area is 104 Å². The monoisotopic (exact) mass is 233 g/mol. The molecule has 2 rings (SSSR count). The molecule has 3 heteroatoms. The Bertz CT molecular complexity index is 356. The van der Waals surface area contributed by atoms with Crippen LogP contribution in [0.4, 0.5) is 0 Å². The van der Waals surface area contributed by atoms with E-state index in [1.165, 1.54) is 25.7 Å². The van der Waals surface area contributed by atoms with E-state index < -0.39 is 0 Å². The van der Waals surface area contributed by atoms with Crippen LogP contribution in [0.3, 0.4) is 0 Å². The number of nitrogens with zero attached hydrogens (tertiary/aromatic N) is 2. The molecule has 94 valence electrons. The highest BCUT2D eigenvalue weighted by Gasteiger charge is 2.27. The normalized spacial score (nSPS) is 23.6.